The third-order valence-electron chi connectivity index (χ3n) is 3.95. The molecule has 28 heavy (non-hydrogen) atoms. The molecule has 0 aliphatic heterocycles. The fourth-order valence-corrected chi connectivity index (χ4v) is 3.37. The lowest BCUT2D eigenvalue weighted by atomic mass is 10.2. The highest BCUT2D eigenvalue weighted by Gasteiger charge is 2.10. The minimum absolute atomic E-state index is 0.116. The largest absolute Gasteiger partial charge is 0.326 e. The maximum absolute atomic E-state index is 12.2. The smallest absolute Gasteiger partial charge is 0.325 e. The number of para-hydroxylation sites is 1. The van der Waals surface area contributed by atoms with Gasteiger partial charge in [0.25, 0.3) is 0 Å². The van der Waals surface area contributed by atoms with E-state index in [2.05, 4.69) is 20.9 Å². The summed E-state index contributed by atoms with van der Waals surface area (Å²) in [7, 11) is 0. The van der Waals surface area contributed by atoms with Crippen LogP contribution in [0.5, 0.6) is 0 Å². The normalized spacial score (nSPS) is 10.4. The van der Waals surface area contributed by atoms with Crippen LogP contribution in [0.15, 0.2) is 53.9 Å². The molecular formula is C20H19ClN4O2S. The van der Waals surface area contributed by atoms with Crippen LogP contribution in [-0.2, 0) is 11.2 Å². The van der Waals surface area contributed by atoms with Gasteiger partial charge in [0.05, 0.1) is 5.69 Å². The van der Waals surface area contributed by atoms with E-state index >= 15 is 0 Å². The first-order valence-corrected chi connectivity index (χ1v) is 9.89. The Morgan fingerprint density at radius 1 is 1.04 bits per heavy atom. The zero-order chi connectivity index (χ0) is 19.9. The highest BCUT2D eigenvalue weighted by molar-refractivity contribution is 7.13. The molecule has 2 aromatic carbocycles. The molecule has 0 bridgehead atoms. The fourth-order valence-electron chi connectivity index (χ4n) is 2.46. The molecule has 3 amide bonds. The molecule has 3 rings (SSSR count). The molecule has 6 nitrogen and oxygen atoms in total. The third-order valence-corrected chi connectivity index (χ3v) is 5.17. The fraction of sp³-hybridized carbons (Fsp3) is 0.150. The summed E-state index contributed by atoms with van der Waals surface area (Å²) >= 11 is 7.38. The summed E-state index contributed by atoms with van der Waals surface area (Å²) in [4.78, 5) is 28.5. The van der Waals surface area contributed by atoms with Crippen LogP contribution in [0.1, 0.15) is 17.7 Å². The number of nitrogens with one attached hydrogen (secondary N) is 3. The molecule has 1 aromatic heterocycles. The van der Waals surface area contributed by atoms with E-state index in [1.165, 1.54) is 11.3 Å². The van der Waals surface area contributed by atoms with E-state index in [0.717, 1.165) is 11.3 Å². The van der Waals surface area contributed by atoms with Gasteiger partial charge in [-0.25, -0.2) is 9.78 Å². The number of amides is 3. The molecule has 8 heteroatoms. The number of anilines is 3. The van der Waals surface area contributed by atoms with Gasteiger partial charge < -0.3 is 10.6 Å². The molecule has 0 aliphatic carbocycles. The highest BCUT2D eigenvalue weighted by atomic mass is 35.5. The molecule has 144 valence electrons. The SMILES string of the molecule is Cc1c(Cl)cccc1NC(=O)CCc1csc(NC(=O)Nc2ccccc2)n1. The Balaban J connectivity index is 1.48. The van der Waals surface area contributed by atoms with Crippen molar-refractivity contribution in [2.24, 2.45) is 0 Å². The van der Waals surface area contributed by atoms with E-state index in [-0.39, 0.29) is 18.4 Å². The molecular weight excluding hydrogens is 396 g/mol. The Morgan fingerprint density at radius 3 is 2.61 bits per heavy atom. The Hall–Kier alpha value is -2.90. The number of halogens is 1. The lowest BCUT2D eigenvalue weighted by Gasteiger charge is -2.09. The monoisotopic (exact) mass is 414 g/mol. The van der Waals surface area contributed by atoms with E-state index in [4.69, 9.17) is 11.6 Å². The summed E-state index contributed by atoms with van der Waals surface area (Å²) in [5.74, 6) is -0.116. The summed E-state index contributed by atoms with van der Waals surface area (Å²) in [6.45, 7) is 1.86. The number of thiazole rings is 1. The van der Waals surface area contributed by atoms with Crippen molar-refractivity contribution in [1.29, 1.82) is 0 Å². The second-order valence-electron chi connectivity index (χ2n) is 6.05. The maximum atomic E-state index is 12.2. The van der Waals surface area contributed by atoms with Crippen molar-refractivity contribution in [2.45, 2.75) is 19.8 Å². The number of hydrogen-bond donors (Lipinski definition) is 3. The first kappa shape index (κ1) is 19.9. The molecule has 0 spiro atoms. The number of aryl methyl sites for hydroxylation is 1. The van der Waals surface area contributed by atoms with Crippen LogP contribution in [0.3, 0.4) is 0 Å². The molecule has 0 radical (unpaired) electrons. The van der Waals surface area contributed by atoms with Gasteiger partial charge in [-0.05, 0) is 43.2 Å². The molecule has 0 atom stereocenters. The number of benzene rings is 2. The van der Waals surface area contributed by atoms with Gasteiger partial charge in [-0.3, -0.25) is 10.1 Å². The number of aromatic nitrogens is 1. The number of nitrogens with zero attached hydrogens (tertiary/aromatic N) is 1. The van der Waals surface area contributed by atoms with E-state index in [1.54, 1.807) is 24.3 Å². The van der Waals surface area contributed by atoms with Crippen LogP contribution in [0.4, 0.5) is 21.3 Å². The van der Waals surface area contributed by atoms with E-state index in [9.17, 15) is 9.59 Å². The molecule has 0 saturated carbocycles. The predicted molar refractivity (Wildman–Crippen MR) is 114 cm³/mol. The standard InChI is InChI=1S/C20H19ClN4O2S/c1-13-16(21)8-5-9-17(13)24-18(26)11-10-15-12-28-20(23-15)25-19(27)22-14-6-3-2-4-7-14/h2-9,12H,10-11H2,1H3,(H,24,26)(H2,22,23,25,27). The van der Waals surface area contributed by atoms with Gasteiger partial charge in [-0.2, -0.15) is 0 Å². The van der Waals surface area contributed by atoms with Gasteiger partial charge in [0.15, 0.2) is 5.13 Å². The van der Waals surface area contributed by atoms with Crippen molar-refractivity contribution in [3.63, 3.8) is 0 Å². The zero-order valence-electron chi connectivity index (χ0n) is 15.2. The molecule has 3 N–H and O–H groups in total. The van der Waals surface area contributed by atoms with E-state index in [0.29, 0.717) is 27.9 Å². The van der Waals surface area contributed by atoms with Gasteiger partial charge in [-0.15, -0.1) is 11.3 Å². The number of rotatable bonds is 6. The Kier molecular flexibility index (Phi) is 6.62. The Morgan fingerprint density at radius 2 is 1.82 bits per heavy atom. The Labute approximate surface area is 172 Å². The molecule has 0 unspecified atom stereocenters. The number of carbonyl (C=O) groups excluding carboxylic acids is 2. The lowest BCUT2D eigenvalue weighted by molar-refractivity contribution is -0.116. The van der Waals surface area contributed by atoms with Crippen LogP contribution in [-0.4, -0.2) is 16.9 Å². The molecule has 0 aliphatic rings. The lowest BCUT2D eigenvalue weighted by Crippen LogP contribution is -2.19. The summed E-state index contributed by atoms with van der Waals surface area (Å²) < 4.78 is 0. The van der Waals surface area contributed by atoms with Gasteiger partial charge in [0, 0.05) is 28.2 Å². The van der Waals surface area contributed by atoms with Crippen molar-refractivity contribution in [3.8, 4) is 0 Å². The summed E-state index contributed by atoms with van der Waals surface area (Å²) in [5, 5.41) is 11.2. The summed E-state index contributed by atoms with van der Waals surface area (Å²) in [6, 6.07) is 14.2. The van der Waals surface area contributed by atoms with Crippen molar-refractivity contribution < 1.29 is 9.59 Å². The molecule has 3 aromatic rings. The van der Waals surface area contributed by atoms with Gasteiger partial charge in [0.2, 0.25) is 5.91 Å². The average Bonchev–Trinajstić information content (AvgIpc) is 3.12. The van der Waals surface area contributed by atoms with Crippen LogP contribution in [0.2, 0.25) is 5.02 Å². The van der Waals surface area contributed by atoms with E-state index in [1.807, 2.05) is 36.6 Å². The van der Waals surface area contributed by atoms with Crippen LogP contribution < -0.4 is 16.0 Å². The van der Waals surface area contributed by atoms with Gasteiger partial charge in [-0.1, -0.05) is 35.9 Å². The van der Waals surface area contributed by atoms with Crippen molar-refractivity contribution in [1.82, 2.24) is 4.98 Å². The third kappa shape index (κ3) is 5.55. The average molecular weight is 415 g/mol. The van der Waals surface area contributed by atoms with Gasteiger partial charge >= 0.3 is 6.03 Å². The van der Waals surface area contributed by atoms with Crippen LogP contribution >= 0.6 is 22.9 Å². The van der Waals surface area contributed by atoms with Crippen LogP contribution in [0.25, 0.3) is 0 Å². The summed E-state index contributed by atoms with van der Waals surface area (Å²) in [6.07, 6.45) is 0.759. The number of carbonyl (C=O) groups is 2. The maximum Gasteiger partial charge on any atom is 0.325 e. The Bertz CT molecular complexity index is 975. The topological polar surface area (TPSA) is 83.1 Å². The number of urea groups is 1. The van der Waals surface area contributed by atoms with Gasteiger partial charge in [0.1, 0.15) is 0 Å². The van der Waals surface area contributed by atoms with Crippen LogP contribution in [0, 0.1) is 6.92 Å². The zero-order valence-corrected chi connectivity index (χ0v) is 16.7. The summed E-state index contributed by atoms with van der Waals surface area (Å²) in [5.41, 5.74) is 2.99. The minimum Gasteiger partial charge on any atom is -0.326 e. The van der Waals surface area contributed by atoms with Crippen molar-refractivity contribution >= 4 is 51.4 Å². The quantitative estimate of drug-likeness (QED) is 0.510. The second kappa shape index (κ2) is 9.34. The molecule has 1 heterocycles. The highest BCUT2D eigenvalue weighted by Crippen LogP contribution is 2.23. The second-order valence-corrected chi connectivity index (χ2v) is 7.32. The number of hydrogen-bond acceptors (Lipinski definition) is 4. The minimum atomic E-state index is -0.360. The van der Waals surface area contributed by atoms with Crippen molar-refractivity contribution in [3.05, 3.63) is 70.2 Å². The van der Waals surface area contributed by atoms with E-state index < -0.39 is 0 Å². The van der Waals surface area contributed by atoms with Crippen molar-refractivity contribution in [2.75, 3.05) is 16.0 Å². The molecule has 0 saturated heterocycles. The predicted octanol–water partition coefficient (Wildman–Crippen LogP) is 5.32. The first-order valence-electron chi connectivity index (χ1n) is 8.63. The first-order chi connectivity index (χ1) is 13.5. The molecule has 0 fully saturated rings.